The Hall–Kier alpha value is -2.42. The number of aromatic nitrogens is 2. The van der Waals surface area contributed by atoms with Gasteiger partial charge < -0.3 is 15.3 Å². The minimum absolute atomic E-state index is 0.0739. The highest BCUT2D eigenvalue weighted by Crippen LogP contribution is 2.18. The molecule has 1 aromatic heterocycles. The zero-order chi connectivity index (χ0) is 21.8. The Labute approximate surface area is 178 Å². The summed E-state index contributed by atoms with van der Waals surface area (Å²) in [6.07, 6.45) is 10.5. The van der Waals surface area contributed by atoms with Gasteiger partial charge in [0.05, 0.1) is 6.20 Å². The zero-order valence-electron chi connectivity index (χ0n) is 18.0. The molecule has 0 unspecified atom stereocenters. The van der Waals surface area contributed by atoms with E-state index in [9.17, 15) is 9.59 Å². The van der Waals surface area contributed by atoms with E-state index in [1.54, 1.807) is 0 Å². The molecule has 0 saturated carbocycles. The number of piperidine rings is 1. The number of carbonyl (C=O) groups excluding carboxylic acids is 2. The second-order valence-corrected chi connectivity index (χ2v) is 8.09. The van der Waals surface area contributed by atoms with Crippen molar-refractivity contribution in [3.05, 3.63) is 18.0 Å². The Morgan fingerprint density at radius 3 is 2.67 bits per heavy atom. The number of hydrogen-bond acceptors (Lipinski definition) is 5. The maximum absolute atomic E-state index is 12.2. The number of nitrogens with zero attached hydrogens (tertiary/aromatic N) is 4. The molecule has 3 heterocycles. The van der Waals surface area contributed by atoms with Crippen LogP contribution >= 0.6 is 0 Å². The van der Waals surface area contributed by atoms with Gasteiger partial charge in [-0.15, -0.1) is 0 Å². The smallest absolute Gasteiger partial charge is 0.290 e. The van der Waals surface area contributed by atoms with Crippen molar-refractivity contribution in [3.63, 3.8) is 0 Å². The Morgan fingerprint density at radius 1 is 1.27 bits per heavy atom. The molecule has 0 spiro atoms. The Kier molecular flexibility index (Phi) is 10.3. The largest absolute Gasteiger partial charge is 0.483 e. The number of nitrogens with one attached hydrogen (secondary N) is 1. The van der Waals surface area contributed by atoms with Gasteiger partial charge in [0.2, 0.25) is 11.8 Å². The molecule has 0 bridgehead atoms. The summed E-state index contributed by atoms with van der Waals surface area (Å²) in [5, 5.41) is 14.2. The fourth-order valence-corrected chi connectivity index (χ4v) is 4.02. The molecular weight excluding hydrogens is 386 g/mol. The van der Waals surface area contributed by atoms with E-state index < -0.39 is 0 Å². The highest BCUT2D eigenvalue weighted by Gasteiger charge is 2.21. The van der Waals surface area contributed by atoms with Crippen molar-refractivity contribution in [3.8, 4) is 0 Å². The average Bonchev–Trinajstić information content (AvgIpc) is 3.02. The van der Waals surface area contributed by atoms with E-state index in [2.05, 4.69) is 21.5 Å². The van der Waals surface area contributed by atoms with Gasteiger partial charge >= 0.3 is 0 Å². The number of hydrogen-bond donors (Lipinski definition) is 2. The highest BCUT2D eigenvalue weighted by atomic mass is 16.3. The van der Waals surface area contributed by atoms with Gasteiger partial charge in [0.1, 0.15) is 0 Å². The summed E-state index contributed by atoms with van der Waals surface area (Å²) in [4.78, 5) is 36.8. The van der Waals surface area contributed by atoms with Crippen LogP contribution in [0.5, 0.6) is 0 Å². The van der Waals surface area contributed by atoms with Crippen LogP contribution in [0.4, 0.5) is 0 Å². The molecule has 0 radical (unpaired) electrons. The molecule has 3 rings (SSSR count). The van der Waals surface area contributed by atoms with Crippen LogP contribution in [0.3, 0.4) is 0 Å². The first-order valence-corrected chi connectivity index (χ1v) is 10.8. The summed E-state index contributed by atoms with van der Waals surface area (Å²) in [5.41, 5.74) is 1.26. The maximum Gasteiger partial charge on any atom is 0.290 e. The maximum atomic E-state index is 12.2. The molecule has 9 heteroatoms. The van der Waals surface area contributed by atoms with E-state index in [-0.39, 0.29) is 18.3 Å². The Bertz CT molecular complexity index is 670. The Balaban J connectivity index is 0.00000101. The van der Waals surface area contributed by atoms with Gasteiger partial charge in [-0.2, -0.15) is 5.10 Å². The lowest BCUT2D eigenvalue weighted by molar-refractivity contribution is -0.131. The quantitative estimate of drug-likeness (QED) is 0.642. The van der Waals surface area contributed by atoms with Crippen LogP contribution in [-0.2, 0) is 28.0 Å². The van der Waals surface area contributed by atoms with Crippen molar-refractivity contribution in [1.29, 1.82) is 0 Å². The number of likely N-dealkylation sites (tertiary alicyclic amines) is 2. The minimum atomic E-state index is -0.250. The lowest BCUT2D eigenvalue weighted by Crippen LogP contribution is -2.39. The Morgan fingerprint density at radius 2 is 2.00 bits per heavy atom. The standard InChI is InChI=1S/C20H33N5O2.CH2O2/c1-23-15-18(14-22-23)16-24-10-6-17(7-11-24)13-21-19(26)8-12-25-9-4-2-3-5-20(25)27;2-1-3/h14-15,17H,2-13,16H2,1H3,(H,21,26);1H,(H,2,3). The van der Waals surface area contributed by atoms with Crippen molar-refractivity contribution in [2.24, 2.45) is 13.0 Å². The summed E-state index contributed by atoms with van der Waals surface area (Å²) in [6, 6.07) is 0. The van der Waals surface area contributed by atoms with Crippen LogP contribution in [0, 0.1) is 5.92 Å². The van der Waals surface area contributed by atoms with Gasteiger partial charge in [0.15, 0.2) is 0 Å². The molecule has 0 aromatic carbocycles. The molecule has 168 valence electrons. The number of rotatable bonds is 7. The average molecular weight is 422 g/mol. The zero-order valence-corrected chi connectivity index (χ0v) is 18.0. The number of carboxylic acid groups (broad SMARTS) is 1. The van der Waals surface area contributed by atoms with Crippen LogP contribution in [0.1, 0.15) is 50.5 Å². The molecule has 2 aliphatic rings. The van der Waals surface area contributed by atoms with Crippen LogP contribution in [-0.4, -0.2) is 75.7 Å². The molecule has 30 heavy (non-hydrogen) atoms. The van der Waals surface area contributed by atoms with Gasteiger partial charge in [0, 0.05) is 57.8 Å². The van der Waals surface area contributed by atoms with E-state index in [1.807, 2.05) is 22.8 Å². The fraction of sp³-hybridized carbons (Fsp3) is 0.714. The molecule has 1 aromatic rings. The lowest BCUT2D eigenvalue weighted by atomic mass is 9.96. The minimum Gasteiger partial charge on any atom is -0.483 e. The monoisotopic (exact) mass is 421 g/mol. The second kappa shape index (κ2) is 13.0. The SMILES string of the molecule is Cn1cc(CN2CCC(CNC(=O)CCN3CCCCCC3=O)CC2)cn1.O=CO. The van der Waals surface area contributed by atoms with E-state index >= 15 is 0 Å². The lowest BCUT2D eigenvalue weighted by Gasteiger charge is -2.31. The third kappa shape index (κ3) is 8.52. The normalized spacial score (nSPS) is 18.3. The van der Waals surface area contributed by atoms with Crippen LogP contribution in [0.2, 0.25) is 0 Å². The van der Waals surface area contributed by atoms with Crippen LogP contribution in [0.15, 0.2) is 12.4 Å². The molecular formula is C21H35N5O4. The molecule has 2 aliphatic heterocycles. The van der Waals surface area contributed by atoms with E-state index in [1.165, 1.54) is 5.56 Å². The number of carbonyl (C=O) groups is 3. The van der Waals surface area contributed by atoms with Crippen molar-refractivity contribution in [2.45, 2.75) is 51.5 Å². The van der Waals surface area contributed by atoms with E-state index in [4.69, 9.17) is 9.90 Å². The fourth-order valence-electron chi connectivity index (χ4n) is 4.02. The second-order valence-electron chi connectivity index (χ2n) is 8.09. The number of aryl methyl sites for hydroxylation is 1. The topological polar surface area (TPSA) is 108 Å². The first kappa shape index (κ1) is 23.9. The summed E-state index contributed by atoms with van der Waals surface area (Å²) in [5.74, 6) is 0.838. The molecule has 2 N–H and O–H groups in total. The van der Waals surface area contributed by atoms with E-state index in [0.717, 1.165) is 64.8 Å². The molecule has 2 fully saturated rings. The molecule has 2 saturated heterocycles. The van der Waals surface area contributed by atoms with Gasteiger partial charge in [-0.25, -0.2) is 0 Å². The van der Waals surface area contributed by atoms with Gasteiger partial charge in [-0.3, -0.25) is 24.0 Å². The third-order valence-electron chi connectivity index (χ3n) is 5.74. The van der Waals surface area contributed by atoms with Gasteiger partial charge in [-0.1, -0.05) is 6.42 Å². The number of amides is 2. The van der Waals surface area contributed by atoms with Crippen molar-refractivity contribution < 1.29 is 19.5 Å². The first-order chi connectivity index (χ1) is 14.5. The van der Waals surface area contributed by atoms with Crippen molar-refractivity contribution >= 4 is 18.3 Å². The first-order valence-electron chi connectivity index (χ1n) is 10.8. The predicted octanol–water partition coefficient (Wildman–Crippen LogP) is 1.24. The molecule has 0 aliphatic carbocycles. The molecule has 0 atom stereocenters. The third-order valence-corrected chi connectivity index (χ3v) is 5.74. The summed E-state index contributed by atoms with van der Waals surface area (Å²) < 4.78 is 1.84. The summed E-state index contributed by atoms with van der Waals surface area (Å²) in [6.45, 7) is 4.97. The van der Waals surface area contributed by atoms with E-state index in [0.29, 0.717) is 25.3 Å². The summed E-state index contributed by atoms with van der Waals surface area (Å²) in [7, 11) is 1.95. The summed E-state index contributed by atoms with van der Waals surface area (Å²) >= 11 is 0. The van der Waals surface area contributed by atoms with Crippen molar-refractivity contribution in [2.75, 3.05) is 32.7 Å². The van der Waals surface area contributed by atoms with Crippen LogP contribution in [0.25, 0.3) is 0 Å². The molecule has 2 amide bonds. The van der Waals surface area contributed by atoms with Crippen molar-refractivity contribution in [1.82, 2.24) is 24.9 Å². The van der Waals surface area contributed by atoms with Crippen LogP contribution < -0.4 is 5.32 Å². The molecule has 9 nitrogen and oxygen atoms in total. The predicted molar refractivity (Wildman–Crippen MR) is 113 cm³/mol. The highest BCUT2D eigenvalue weighted by molar-refractivity contribution is 5.79. The van der Waals surface area contributed by atoms with Gasteiger partial charge in [-0.05, 0) is 44.7 Å². The van der Waals surface area contributed by atoms with Gasteiger partial charge in [0.25, 0.3) is 6.47 Å².